The first kappa shape index (κ1) is 9.89. The van der Waals surface area contributed by atoms with Crippen LogP contribution in [-0.2, 0) is 9.59 Å². The van der Waals surface area contributed by atoms with E-state index in [1.807, 2.05) is 0 Å². The summed E-state index contributed by atoms with van der Waals surface area (Å²) in [5.74, 6) is -3.08. The van der Waals surface area contributed by atoms with Crippen LogP contribution in [0.25, 0.3) is 0 Å². The lowest BCUT2D eigenvalue weighted by Gasteiger charge is -2.06. The van der Waals surface area contributed by atoms with Crippen molar-refractivity contribution in [3.63, 3.8) is 0 Å². The summed E-state index contributed by atoms with van der Waals surface area (Å²) in [5, 5.41) is 16.9. The lowest BCUT2D eigenvalue weighted by atomic mass is 10.2. The highest BCUT2D eigenvalue weighted by Crippen LogP contribution is 2.06. The van der Waals surface area contributed by atoms with Gasteiger partial charge in [0.1, 0.15) is 5.25 Å². The molecule has 0 aliphatic carbocycles. The Morgan fingerprint density at radius 3 is 1.82 bits per heavy atom. The molecule has 0 aromatic rings. The van der Waals surface area contributed by atoms with Crippen LogP contribution in [0.3, 0.4) is 0 Å². The number of thiol groups is 1. The molecule has 0 heterocycles. The topological polar surface area (TPSA) is 104 Å². The summed E-state index contributed by atoms with van der Waals surface area (Å²) in [5.41, 5.74) is 0. The Balaban J connectivity index is 4.37. The first-order valence-corrected chi connectivity index (χ1v) is 2.98. The minimum absolute atomic E-state index is 1.49. The van der Waals surface area contributed by atoms with E-state index in [2.05, 4.69) is 17.8 Å². The van der Waals surface area contributed by atoms with E-state index in [-0.39, 0.29) is 0 Å². The molecule has 6 nitrogen and oxygen atoms in total. The van der Waals surface area contributed by atoms with E-state index < -0.39 is 23.2 Å². The van der Waals surface area contributed by atoms with Crippen molar-refractivity contribution in [2.45, 2.75) is 11.3 Å². The molecular weight excluding hydrogens is 174 g/mol. The van der Waals surface area contributed by atoms with Gasteiger partial charge in [-0.15, -0.1) is 4.91 Å². The maximum atomic E-state index is 10.1. The van der Waals surface area contributed by atoms with Crippen molar-refractivity contribution in [2.24, 2.45) is 5.18 Å². The predicted molar refractivity (Wildman–Crippen MR) is 37.6 cm³/mol. The highest BCUT2D eigenvalue weighted by molar-refractivity contribution is 7.81. The van der Waals surface area contributed by atoms with E-state index in [0.29, 0.717) is 0 Å². The van der Waals surface area contributed by atoms with E-state index in [1.165, 1.54) is 0 Å². The summed E-state index contributed by atoms with van der Waals surface area (Å²) >= 11 is 3.37. The van der Waals surface area contributed by atoms with E-state index >= 15 is 0 Å². The van der Waals surface area contributed by atoms with Gasteiger partial charge in [-0.25, -0.2) is 4.79 Å². The third kappa shape index (κ3) is 2.54. The Kier molecular flexibility index (Phi) is 3.52. The quantitative estimate of drug-likeness (QED) is 0.402. The molecule has 0 radical (unpaired) electrons. The zero-order chi connectivity index (χ0) is 9.02. The van der Waals surface area contributed by atoms with Gasteiger partial charge in [0.05, 0.1) is 0 Å². The lowest BCUT2D eigenvalue weighted by molar-refractivity contribution is -0.144. The Morgan fingerprint density at radius 2 is 1.73 bits per heavy atom. The fourth-order valence-corrected chi connectivity index (χ4v) is 0.555. The lowest BCUT2D eigenvalue weighted by Crippen LogP contribution is -2.34. The van der Waals surface area contributed by atoms with Crippen molar-refractivity contribution < 1.29 is 19.8 Å². The number of hydrogen-bond donors (Lipinski definition) is 3. The maximum absolute atomic E-state index is 10.1. The molecule has 0 spiro atoms. The van der Waals surface area contributed by atoms with Crippen LogP contribution in [0, 0.1) is 4.91 Å². The van der Waals surface area contributed by atoms with Crippen LogP contribution in [0.15, 0.2) is 5.18 Å². The second kappa shape index (κ2) is 3.91. The smallest absolute Gasteiger partial charge is 0.333 e. The Morgan fingerprint density at radius 1 is 1.27 bits per heavy atom. The molecule has 62 valence electrons. The van der Waals surface area contributed by atoms with Crippen LogP contribution in [0.1, 0.15) is 0 Å². The molecule has 0 saturated heterocycles. The van der Waals surface area contributed by atoms with Gasteiger partial charge in [-0.2, -0.15) is 12.6 Å². The fourth-order valence-electron chi connectivity index (χ4n) is 0.373. The summed E-state index contributed by atoms with van der Waals surface area (Å²) in [6, 6.07) is -1.84. The van der Waals surface area contributed by atoms with Crippen molar-refractivity contribution in [3.05, 3.63) is 4.91 Å². The van der Waals surface area contributed by atoms with Gasteiger partial charge in [0.25, 0.3) is 0 Å². The van der Waals surface area contributed by atoms with Crippen LogP contribution >= 0.6 is 12.6 Å². The first-order valence-electron chi connectivity index (χ1n) is 2.47. The molecule has 0 bridgehead atoms. The van der Waals surface area contributed by atoms with Crippen molar-refractivity contribution in [1.29, 1.82) is 0 Å². The van der Waals surface area contributed by atoms with Crippen molar-refractivity contribution in [3.8, 4) is 0 Å². The molecule has 2 N–H and O–H groups in total. The molecule has 0 amide bonds. The van der Waals surface area contributed by atoms with E-state index in [4.69, 9.17) is 10.2 Å². The zero-order valence-electron chi connectivity index (χ0n) is 5.17. The van der Waals surface area contributed by atoms with Crippen LogP contribution in [0.4, 0.5) is 0 Å². The van der Waals surface area contributed by atoms with Crippen LogP contribution in [0.2, 0.25) is 0 Å². The molecular formula is C4H5NO5S. The second-order valence-corrected chi connectivity index (χ2v) is 2.23. The van der Waals surface area contributed by atoms with Gasteiger partial charge in [0.2, 0.25) is 6.04 Å². The Bertz CT molecular complexity index is 193. The fraction of sp³-hybridized carbons (Fsp3) is 0.500. The molecule has 0 aliphatic heterocycles. The van der Waals surface area contributed by atoms with Gasteiger partial charge in [0.15, 0.2) is 0 Å². The molecule has 0 rings (SSSR count). The van der Waals surface area contributed by atoms with E-state index in [9.17, 15) is 14.5 Å². The number of carboxylic acid groups (broad SMARTS) is 2. The highest BCUT2D eigenvalue weighted by Gasteiger charge is 2.31. The molecule has 11 heavy (non-hydrogen) atoms. The average Bonchev–Trinajstić information content (AvgIpc) is 1.88. The molecule has 0 aliphatic rings. The van der Waals surface area contributed by atoms with Gasteiger partial charge < -0.3 is 10.2 Å². The van der Waals surface area contributed by atoms with Crippen LogP contribution < -0.4 is 0 Å². The Labute approximate surface area is 66.6 Å². The first-order chi connectivity index (χ1) is 5.00. The number of aliphatic carboxylic acids is 2. The number of nitroso groups, excluding NO2 is 1. The number of carboxylic acids is 2. The molecule has 0 aromatic carbocycles. The second-order valence-electron chi connectivity index (χ2n) is 1.67. The van der Waals surface area contributed by atoms with Gasteiger partial charge in [-0.05, 0) is 0 Å². The zero-order valence-corrected chi connectivity index (χ0v) is 6.06. The minimum Gasteiger partial charge on any atom is -0.480 e. The third-order valence-corrected chi connectivity index (χ3v) is 1.42. The highest BCUT2D eigenvalue weighted by atomic mass is 32.1. The summed E-state index contributed by atoms with van der Waals surface area (Å²) in [6.45, 7) is 0. The summed E-state index contributed by atoms with van der Waals surface area (Å²) < 4.78 is 0. The molecule has 2 atom stereocenters. The average molecular weight is 179 g/mol. The number of carbonyl (C=O) groups is 2. The molecule has 2 unspecified atom stereocenters. The molecule has 0 saturated carbocycles. The van der Waals surface area contributed by atoms with Crippen LogP contribution in [-0.4, -0.2) is 33.4 Å². The summed E-state index contributed by atoms with van der Waals surface area (Å²) in [4.78, 5) is 29.9. The number of nitrogens with zero attached hydrogens (tertiary/aromatic N) is 1. The van der Waals surface area contributed by atoms with Gasteiger partial charge >= 0.3 is 11.9 Å². The molecule has 7 heteroatoms. The summed E-state index contributed by atoms with van der Waals surface area (Å²) in [6.07, 6.45) is 0. The monoisotopic (exact) mass is 179 g/mol. The largest absolute Gasteiger partial charge is 0.480 e. The number of rotatable bonds is 4. The maximum Gasteiger partial charge on any atom is 0.333 e. The standard InChI is InChI=1S/C4H5NO5S/c6-3(7)1(5-10)2(11)4(8)9/h1-2,11H,(H,6,7)(H,8,9). The van der Waals surface area contributed by atoms with Gasteiger partial charge in [-0.3, -0.25) is 4.79 Å². The number of hydrogen-bond acceptors (Lipinski definition) is 5. The van der Waals surface area contributed by atoms with E-state index in [0.717, 1.165) is 0 Å². The van der Waals surface area contributed by atoms with E-state index in [1.54, 1.807) is 0 Å². The minimum atomic E-state index is -1.84. The predicted octanol–water partition coefficient (Wildman–Crippen LogP) is -0.411. The van der Waals surface area contributed by atoms with Gasteiger partial charge in [-0.1, -0.05) is 5.18 Å². The van der Waals surface area contributed by atoms with Crippen molar-refractivity contribution in [2.75, 3.05) is 0 Å². The SMILES string of the molecule is O=NC(C(=O)O)C(S)C(=O)O. The van der Waals surface area contributed by atoms with Crippen molar-refractivity contribution >= 4 is 24.6 Å². The normalized spacial score (nSPS) is 15.0. The summed E-state index contributed by atoms with van der Waals surface area (Å²) in [7, 11) is 0. The van der Waals surface area contributed by atoms with Crippen LogP contribution in [0.5, 0.6) is 0 Å². The Hall–Kier alpha value is -1.11. The molecule has 0 fully saturated rings. The third-order valence-electron chi connectivity index (χ3n) is 0.919. The molecule has 0 aromatic heterocycles. The van der Waals surface area contributed by atoms with Gasteiger partial charge in [0, 0.05) is 0 Å². The van der Waals surface area contributed by atoms with Crippen molar-refractivity contribution in [1.82, 2.24) is 0 Å².